The monoisotopic (exact) mass is 232 g/mol. The summed E-state index contributed by atoms with van der Waals surface area (Å²) in [6.45, 7) is 0.372. The first-order valence-electron chi connectivity index (χ1n) is 5.12. The van der Waals surface area contributed by atoms with E-state index in [1.807, 2.05) is 24.3 Å². The van der Waals surface area contributed by atoms with Crippen molar-refractivity contribution in [1.29, 1.82) is 0 Å². The van der Waals surface area contributed by atoms with Gasteiger partial charge >= 0.3 is 0 Å². The van der Waals surface area contributed by atoms with Crippen LogP contribution in [0.1, 0.15) is 21.7 Å². The molecular weight excluding hydrogens is 220 g/mol. The van der Waals surface area contributed by atoms with E-state index in [2.05, 4.69) is 20.5 Å². The highest BCUT2D eigenvalue weighted by Crippen LogP contribution is 2.05. The first-order valence-corrected chi connectivity index (χ1v) is 5.12. The number of aromatic nitrogens is 3. The van der Waals surface area contributed by atoms with Crippen LogP contribution in [0.15, 0.2) is 30.6 Å². The van der Waals surface area contributed by atoms with Crippen LogP contribution in [0.25, 0.3) is 0 Å². The number of H-pyrrole nitrogens is 1. The molecule has 0 atom stereocenters. The van der Waals surface area contributed by atoms with Crippen molar-refractivity contribution in [3.8, 4) is 0 Å². The molecule has 0 aliphatic carbocycles. The number of hydrogen-bond acceptors (Lipinski definition) is 4. The second kappa shape index (κ2) is 5.22. The molecule has 0 saturated carbocycles. The lowest BCUT2D eigenvalue weighted by Gasteiger charge is -2.04. The molecule has 1 aromatic heterocycles. The number of carbonyl (C=O) groups excluding carboxylic acids is 1. The maximum absolute atomic E-state index is 11.5. The van der Waals surface area contributed by atoms with Crippen LogP contribution in [-0.2, 0) is 13.2 Å². The van der Waals surface area contributed by atoms with E-state index in [1.54, 1.807) is 0 Å². The Bertz CT molecular complexity index is 496. The first kappa shape index (κ1) is 11.3. The molecule has 0 spiro atoms. The van der Waals surface area contributed by atoms with Gasteiger partial charge < -0.3 is 10.4 Å². The lowest BCUT2D eigenvalue weighted by molar-refractivity contribution is 0.0941. The molecule has 0 fully saturated rings. The Kier molecular flexibility index (Phi) is 3.46. The van der Waals surface area contributed by atoms with Gasteiger partial charge in [0.1, 0.15) is 6.33 Å². The number of carbonyl (C=O) groups is 1. The molecule has 0 bridgehead atoms. The summed E-state index contributed by atoms with van der Waals surface area (Å²) in [6.07, 6.45) is 1.28. The fraction of sp³-hybridized carbons (Fsp3) is 0.182. The van der Waals surface area contributed by atoms with E-state index in [-0.39, 0.29) is 18.3 Å². The minimum Gasteiger partial charge on any atom is -0.392 e. The average molecular weight is 232 g/mol. The summed E-state index contributed by atoms with van der Waals surface area (Å²) in [5.74, 6) is -0.125. The van der Waals surface area contributed by atoms with Crippen molar-refractivity contribution in [3.63, 3.8) is 0 Å². The smallest absolute Gasteiger partial charge is 0.288 e. The number of nitrogens with one attached hydrogen (secondary N) is 2. The lowest BCUT2D eigenvalue weighted by atomic mass is 10.1. The third kappa shape index (κ3) is 2.88. The van der Waals surface area contributed by atoms with Gasteiger partial charge in [-0.05, 0) is 11.1 Å². The standard InChI is InChI=1S/C11H12N4O2/c16-6-9-3-1-2-8(4-9)5-12-11(17)10-13-7-14-15-10/h1-4,7,16H,5-6H2,(H,12,17)(H,13,14,15). The SMILES string of the molecule is O=C(NCc1cccc(CO)c1)c1ncn[nH]1. The predicted octanol–water partition coefficient (Wildman–Crippen LogP) is 0.227. The van der Waals surface area contributed by atoms with Gasteiger partial charge in [-0.15, -0.1) is 0 Å². The van der Waals surface area contributed by atoms with Crippen molar-refractivity contribution < 1.29 is 9.90 Å². The number of benzene rings is 1. The van der Waals surface area contributed by atoms with E-state index in [4.69, 9.17) is 5.11 Å². The molecule has 1 aromatic carbocycles. The molecule has 1 amide bonds. The highest BCUT2D eigenvalue weighted by Gasteiger charge is 2.07. The van der Waals surface area contributed by atoms with Gasteiger partial charge in [-0.3, -0.25) is 9.89 Å². The molecule has 2 rings (SSSR count). The average Bonchev–Trinajstić information content (AvgIpc) is 2.90. The number of amides is 1. The van der Waals surface area contributed by atoms with Crippen LogP contribution in [-0.4, -0.2) is 26.2 Å². The molecule has 0 unspecified atom stereocenters. The van der Waals surface area contributed by atoms with E-state index < -0.39 is 0 Å². The number of aliphatic hydroxyl groups excluding tert-OH is 1. The molecule has 6 heteroatoms. The molecule has 0 aliphatic rings. The van der Waals surface area contributed by atoms with E-state index in [0.717, 1.165) is 11.1 Å². The Morgan fingerprint density at radius 1 is 1.41 bits per heavy atom. The Hall–Kier alpha value is -2.21. The topological polar surface area (TPSA) is 90.9 Å². The maximum atomic E-state index is 11.5. The Balaban J connectivity index is 1.95. The molecular formula is C11H12N4O2. The molecule has 3 N–H and O–H groups in total. The number of rotatable bonds is 4. The summed E-state index contributed by atoms with van der Waals surface area (Å²) in [7, 11) is 0. The number of aliphatic hydroxyl groups is 1. The van der Waals surface area contributed by atoms with Crippen molar-refractivity contribution in [2.24, 2.45) is 0 Å². The van der Waals surface area contributed by atoms with Crippen LogP contribution in [0.3, 0.4) is 0 Å². The molecule has 88 valence electrons. The van der Waals surface area contributed by atoms with Gasteiger partial charge in [-0.25, -0.2) is 4.98 Å². The molecule has 2 aromatic rings. The second-order valence-electron chi connectivity index (χ2n) is 3.49. The molecule has 17 heavy (non-hydrogen) atoms. The van der Waals surface area contributed by atoms with Crippen LogP contribution in [0.4, 0.5) is 0 Å². The van der Waals surface area contributed by atoms with Gasteiger partial charge in [0, 0.05) is 6.54 Å². The fourth-order valence-corrected chi connectivity index (χ4v) is 1.42. The Labute approximate surface area is 97.7 Å². The quantitative estimate of drug-likeness (QED) is 0.703. The summed E-state index contributed by atoms with van der Waals surface area (Å²) in [4.78, 5) is 15.3. The maximum Gasteiger partial charge on any atom is 0.288 e. The lowest BCUT2D eigenvalue weighted by Crippen LogP contribution is -2.24. The van der Waals surface area contributed by atoms with Crippen molar-refractivity contribution in [3.05, 3.63) is 47.5 Å². The first-order chi connectivity index (χ1) is 8.29. The molecule has 1 heterocycles. The summed E-state index contributed by atoms with van der Waals surface area (Å²) >= 11 is 0. The van der Waals surface area contributed by atoms with E-state index in [1.165, 1.54) is 6.33 Å². The van der Waals surface area contributed by atoms with E-state index in [0.29, 0.717) is 6.54 Å². The highest BCUT2D eigenvalue weighted by atomic mass is 16.3. The van der Waals surface area contributed by atoms with E-state index >= 15 is 0 Å². The largest absolute Gasteiger partial charge is 0.392 e. The van der Waals surface area contributed by atoms with Crippen molar-refractivity contribution in [1.82, 2.24) is 20.5 Å². The third-order valence-electron chi connectivity index (χ3n) is 2.26. The van der Waals surface area contributed by atoms with Gasteiger partial charge in [-0.1, -0.05) is 24.3 Å². The van der Waals surface area contributed by atoms with Gasteiger partial charge in [0.15, 0.2) is 0 Å². The van der Waals surface area contributed by atoms with Crippen LogP contribution in [0.2, 0.25) is 0 Å². The van der Waals surface area contributed by atoms with Crippen molar-refractivity contribution in [2.75, 3.05) is 0 Å². The van der Waals surface area contributed by atoms with Crippen LogP contribution < -0.4 is 5.32 Å². The fourth-order valence-electron chi connectivity index (χ4n) is 1.42. The summed E-state index contributed by atoms with van der Waals surface area (Å²) in [5, 5.41) is 17.8. The van der Waals surface area contributed by atoms with Crippen LogP contribution in [0, 0.1) is 0 Å². The van der Waals surface area contributed by atoms with Gasteiger partial charge in [0.25, 0.3) is 5.91 Å². The summed E-state index contributed by atoms with van der Waals surface area (Å²) < 4.78 is 0. The van der Waals surface area contributed by atoms with Crippen LogP contribution in [0.5, 0.6) is 0 Å². The zero-order valence-electron chi connectivity index (χ0n) is 9.05. The summed E-state index contributed by atoms with van der Waals surface area (Å²) in [5.41, 5.74) is 1.74. The third-order valence-corrected chi connectivity index (χ3v) is 2.26. The normalized spacial score (nSPS) is 10.2. The minimum absolute atomic E-state index is 0.0100. The molecule has 0 saturated heterocycles. The number of hydrogen-bond donors (Lipinski definition) is 3. The second-order valence-corrected chi connectivity index (χ2v) is 3.49. The van der Waals surface area contributed by atoms with Gasteiger partial charge in [0.2, 0.25) is 5.82 Å². The van der Waals surface area contributed by atoms with Crippen LogP contribution >= 0.6 is 0 Å². The minimum atomic E-state index is -0.308. The Morgan fingerprint density at radius 2 is 2.24 bits per heavy atom. The Morgan fingerprint density at radius 3 is 2.94 bits per heavy atom. The van der Waals surface area contributed by atoms with E-state index in [9.17, 15) is 4.79 Å². The zero-order valence-corrected chi connectivity index (χ0v) is 9.05. The van der Waals surface area contributed by atoms with Crippen molar-refractivity contribution >= 4 is 5.91 Å². The molecule has 6 nitrogen and oxygen atoms in total. The molecule has 0 aliphatic heterocycles. The van der Waals surface area contributed by atoms with Gasteiger partial charge in [-0.2, -0.15) is 5.10 Å². The predicted molar refractivity (Wildman–Crippen MR) is 59.9 cm³/mol. The molecule has 0 radical (unpaired) electrons. The van der Waals surface area contributed by atoms with Gasteiger partial charge in [0.05, 0.1) is 6.61 Å². The van der Waals surface area contributed by atoms with Crippen molar-refractivity contribution in [2.45, 2.75) is 13.2 Å². The zero-order chi connectivity index (χ0) is 12.1. The highest BCUT2D eigenvalue weighted by molar-refractivity contribution is 5.90. The summed E-state index contributed by atoms with van der Waals surface area (Å²) in [6, 6.07) is 7.36. The number of aromatic amines is 1. The number of nitrogens with zero attached hydrogens (tertiary/aromatic N) is 2.